The molecule has 1 atom stereocenters. The zero-order chi connectivity index (χ0) is 18.8. The molecule has 0 amide bonds. The van der Waals surface area contributed by atoms with Crippen LogP contribution in [-0.4, -0.2) is 36.2 Å². The largest absolute Gasteiger partial charge is 0.368 e. The Kier molecular flexibility index (Phi) is 4.66. The highest BCUT2D eigenvalue weighted by Gasteiger charge is 2.32. The highest BCUT2D eigenvalue weighted by molar-refractivity contribution is 6.06. The van der Waals surface area contributed by atoms with E-state index in [9.17, 15) is 4.39 Å². The lowest BCUT2D eigenvalue weighted by Gasteiger charge is -2.38. The number of rotatable bonds is 3. The van der Waals surface area contributed by atoms with Crippen molar-refractivity contribution < 1.29 is 4.39 Å². The van der Waals surface area contributed by atoms with E-state index in [2.05, 4.69) is 51.4 Å². The molecule has 0 spiro atoms. The molecule has 3 N–H and O–H groups in total. The maximum atomic E-state index is 13.3. The first kappa shape index (κ1) is 17.3. The molecular weight excluding hydrogens is 343 g/mol. The van der Waals surface area contributed by atoms with Gasteiger partial charge in [0, 0.05) is 24.5 Å². The summed E-state index contributed by atoms with van der Waals surface area (Å²) in [5, 5.41) is 3.34. The maximum Gasteiger partial charge on any atom is 0.222 e. The van der Waals surface area contributed by atoms with E-state index in [1.54, 1.807) is 12.1 Å². The lowest BCUT2D eigenvalue weighted by atomic mass is 10.2. The zero-order valence-electron chi connectivity index (χ0n) is 15.3. The number of hydrogen-bond donors (Lipinski definition) is 2. The molecule has 7 heteroatoms. The number of nitrogens with two attached hydrogens (primary N) is 1. The van der Waals surface area contributed by atoms with Gasteiger partial charge in [0.1, 0.15) is 5.82 Å². The van der Waals surface area contributed by atoms with Gasteiger partial charge in [0.2, 0.25) is 18.2 Å². The third kappa shape index (κ3) is 3.72. The molecular formula is C20H23FN6. The maximum absolute atomic E-state index is 13.3. The summed E-state index contributed by atoms with van der Waals surface area (Å²) in [6.45, 7) is 3.94. The molecule has 27 heavy (non-hydrogen) atoms. The Labute approximate surface area is 158 Å². The summed E-state index contributed by atoms with van der Waals surface area (Å²) in [6.07, 6.45) is 1.80. The van der Waals surface area contributed by atoms with E-state index in [1.807, 2.05) is 4.90 Å². The molecule has 2 aromatic carbocycles. The molecule has 0 aliphatic carbocycles. The highest BCUT2D eigenvalue weighted by atomic mass is 19.1. The predicted octanol–water partition coefficient (Wildman–Crippen LogP) is 3.12. The molecule has 6 nitrogen and oxygen atoms in total. The molecule has 0 radical (unpaired) electrons. The normalized spacial score (nSPS) is 19.7. The van der Waals surface area contributed by atoms with Gasteiger partial charge in [0.25, 0.3) is 0 Å². The fourth-order valence-electron chi connectivity index (χ4n) is 3.37. The first-order valence-electron chi connectivity index (χ1n) is 9.15. The van der Waals surface area contributed by atoms with Crippen LogP contribution >= 0.6 is 0 Å². The third-order valence-corrected chi connectivity index (χ3v) is 4.77. The molecule has 1 fully saturated rings. The van der Waals surface area contributed by atoms with Crippen molar-refractivity contribution in [1.82, 2.24) is 4.90 Å². The van der Waals surface area contributed by atoms with Crippen LogP contribution in [0.1, 0.15) is 18.4 Å². The number of anilines is 2. The van der Waals surface area contributed by atoms with E-state index in [1.165, 1.54) is 17.7 Å². The molecule has 1 unspecified atom stereocenters. The molecule has 2 aliphatic rings. The average Bonchev–Trinajstić information content (AvgIpc) is 3.19. The highest BCUT2D eigenvalue weighted by Crippen LogP contribution is 2.26. The topological polar surface area (TPSA) is 69.2 Å². The van der Waals surface area contributed by atoms with Gasteiger partial charge in [-0.3, -0.25) is 4.90 Å². The minimum atomic E-state index is -0.466. The van der Waals surface area contributed by atoms with Gasteiger partial charge in [0.15, 0.2) is 0 Å². The van der Waals surface area contributed by atoms with Crippen LogP contribution in [0.4, 0.5) is 15.8 Å². The first-order chi connectivity index (χ1) is 13.1. The van der Waals surface area contributed by atoms with Gasteiger partial charge in [-0.1, -0.05) is 17.7 Å². The number of guanidine groups is 2. The van der Waals surface area contributed by atoms with Crippen LogP contribution in [0.15, 0.2) is 58.5 Å². The summed E-state index contributed by atoms with van der Waals surface area (Å²) in [4.78, 5) is 13.3. The Morgan fingerprint density at radius 3 is 2.37 bits per heavy atom. The van der Waals surface area contributed by atoms with E-state index in [-0.39, 0.29) is 11.8 Å². The van der Waals surface area contributed by atoms with Crippen LogP contribution in [0.3, 0.4) is 0 Å². The van der Waals surface area contributed by atoms with Crippen molar-refractivity contribution in [3.05, 3.63) is 59.9 Å². The number of likely N-dealkylation sites (tertiary alicyclic amines) is 1. The Hall–Kier alpha value is -3.09. The summed E-state index contributed by atoms with van der Waals surface area (Å²) >= 11 is 0. The van der Waals surface area contributed by atoms with E-state index in [4.69, 9.17) is 5.73 Å². The lowest BCUT2D eigenvalue weighted by molar-refractivity contribution is 0.497. The average molecular weight is 366 g/mol. The molecule has 2 aromatic rings. The number of benzene rings is 2. The molecule has 0 bridgehead atoms. The van der Waals surface area contributed by atoms with Crippen molar-refractivity contribution in [3.63, 3.8) is 0 Å². The Balaban J connectivity index is 1.71. The number of hydrogen-bond acceptors (Lipinski definition) is 6. The summed E-state index contributed by atoms with van der Waals surface area (Å²) in [5.41, 5.74) is 8.95. The second kappa shape index (κ2) is 7.26. The van der Waals surface area contributed by atoms with E-state index >= 15 is 0 Å². The molecule has 2 heterocycles. The van der Waals surface area contributed by atoms with Crippen molar-refractivity contribution in [3.8, 4) is 0 Å². The fourth-order valence-corrected chi connectivity index (χ4v) is 3.37. The van der Waals surface area contributed by atoms with Gasteiger partial charge in [-0.05, 0) is 56.2 Å². The molecule has 0 saturated carbocycles. The van der Waals surface area contributed by atoms with Crippen LogP contribution in [0.5, 0.6) is 0 Å². The number of nitrogens with one attached hydrogen (secondary N) is 1. The number of halogens is 1. The zero-order valence-corrected chi connectivity index (χ0v) is 15.3. The van der Waals surface area contributed by atoms with Gasteiger partial charge < -0.3 is 16.0 Å². The van der Waals surface area contributed by atoms with Gasteiger partial charge in [-0.2, -0.15) is 4.99 Å². The van der Waals surface area contributed by atoms with Crippen LogP contribution in [0.25, 0.3) is 0 Å². The summed E-state index contributed by atoms with van der Waals surface area (Å²) in [6, 6.07) is 14.5. The monoisotopic (exact) mass is 366 g/mol. The smallest absolute Gasteiger partial charge is 0.222 e. The van der Waals surface area contributed by atoms with Crippen molar-refractivity contribution in [2.24, 2.45) is 15.7 Å². The van der Waals surface area contributed by atoms with Gasteiger partial charge in [-0.25, -0.2) is 9.38 Å². The van der Waals surface area contributed by atoms with Crippen molar-refractivity contribution in [2.75, 3.05) is 23.3 Å². The second-order valence-corrected chi connectivity index (χ2v) is 6.82. The van der Waals surface area contributed by atoms with E-state index < -0.39 is 6.29 Å². The van der Waals surface area contributed by atoms with Crippen molar-refractivity contribution >= 4 is 23.3 Å². The number of nitrogens with zero attached hydrogens (tertiary/aromatic N) is 4. The third-order valence-electron chi connectivity index (χ3n) is 4.77. The summed E-state index contributed by atoms with van der Waals surface area (Å²) in [7, 11) is 0. The first-order valence-corrected chi connectivity index (χ1v) is 9.15. The van der Waals surface area contributed by atoms with Crippen LogP contribution in [-0.2, 0) is 0 Å². The second-order valence-electron chi connectivity index (χ2n) is 6.82. The quantitative estimate of drug-likeness (QED) is 0.876. The summed E-state index contributed by atoms with van der Waals surface area (Å²) < 4.78 is 13.3. The Bertz CT molecular complexity index is 853. The molecule has 2 aliphatic heterocycles. The SMILES string of the molecule is Cc1ccc(N2C(N3CCCC3)=NC(N)=NC2Nc2ccc(F)cc2)cc1. The fraction of sp³-hybridized carbons (Fsp3) is 0.300. The Morgan fingerprint density at radius 1 is 1.04 bits per heavy atom. The molecule has 0 aromatic heterocycles. The lowest BCUT2D eigenvalue weighted by Crippen LogP contribution is -2.54. The number of aliphatic imine (C=N–C) groups is 2. The number of aryl methyl sites for hydroxylation is 1. The summed E-state index contributed by atoms with van der Waals surface area (Å²) in [5.74, 6) is 0.755. The van der Waals surface area contributed by atoms with Crippen molar-refractivity contribution in [1.29, 1.82) is 0 Å². The van der Waals surface area contributed by atoms with E-state index in [0.29, 0.717) is 0 Å². The van der Waals surface area contributed by atoms with Crippen LogP contribution in [0, 0.1) is 12.7 Å². The Morgan fingerprint density at radius 2 is 1.70 bits per heavy atom. The standard InChI is InChI=1S/C20H23FN6/c1-14-4-10-17(11-5-14)27-19(23-16-8-6-15(21)7-9-16)24-18(22)25-20(27)26-12-2-3-13-26/h4-11,19,23H,2-3,12-13H2,1H3,(H2,22,24). The minimum Gasteiger partial charge on any atom is -0.368 e. The predicted molar refractivity (Wildman–Crippen MR) is 107 cm³/mol. The van der Waals surface area contributed by atoms with Crippen LogP contribution < -0.4 is 16.0 Å². The van der Waals surface area contributed by atoms with Crippen LogP contribution in [0.2, 0.25) is 0 Å². The van der Waals surface area contributed by atoms with Crippen molar-refractivity contribution in [2.45, 2.75) is 26.1 Å². The molecule has 1 saturated heterocycles. The van der Waals surface area contributed by atoms with Gasteiger partial charge >= 0.3 is 0 Å². The minimum absolute atomic E-state index is 0.236. The molecule has 4 rings (SSSR count). The molecule has 140 valence electrons. The van der Waals surface area contributed by atoms with Gasteiger partial charge in [0.05, 0.1) is 0 Å². The van der Waals surface area contributed by atoms with E-state index in [0.717, 1.165) is 43.3 Å². The van der Waals surface area contributed by atoms with Gasteiger partial charge in [-0.15, -0.1) is 0 Å².